The molecule has 1 aliphatic carbocycles. The average Bonchev–Trinajstić information content (AvgIpc) is 2.79. The predicted molar refractivity (Wildman–Crippen MR) is 124 cm³/mol. The van der Waals surface area contributed by atoms with Gasteiger partial charge in [0.2, 0.25) is 0 Å². The molecule has 6 nitrogen and oxygen atoms in total. The van der Waals surface area contributed by atoms with Gasteiger partial charge in [-0.25, -0.2) is 0 Å². The first kappa shape index (κ1) is 23.6. The van der Waals surface area contributed by atoms with Crippen molar-refractivity contribution in [3.63, 3.8) is 0 Å². The van der Waals surface area contributed by atoms with Gasteiger partial charge in [0.15, 0.2) is 5.96 Å². The van der Waals surface area contributed by atoms with Gasteiger partial charge in [0, 0.05) is 31.7 Å². The number of benzene rings is 1. The molecular formula is C25H39N3O3. The Labute approximate surface area is 187 Å². The van der Waals surface area contributed by atoms with E-state index in [1.54, 1.807) is 0 Å². The van der Waals surface area contributed by atoms with Crippen LogP contribution in [0.3, 0.4) is 0 Å². The van der Waals surface area contributed by atoms with Crippen LogP contribution in [0.5, 0.6) is 0 Å². The van der Waals surface area contributed by atoms with E-state index in [9.17, 15) is 4.79 Å². The maximum absolute atomic E-state index is 12.0. The highest BCUT2D eigenvalue weighted by Crippen LogP contribution is 2.34. The third kappa shape index (κ3) is 6.96. The van der Waals surface area contributed by atoms with Crippen molar-refractivity contribution in [2.24, 2.45) is 16.8 Å². The number of aliphatic imine (C=N–C) groups is 1. The quantitative estimate of drug-likeness (QED) is 0.387. The molecule has 2 unspecified atom stereocenters. The van der Waals surface area contributed by atoms with Crippen LogP contribution in [0.1, 0.15) is 69.6 Å². The van der Waals surface area contributed by atoms with Crippen molar-refractivity contribution in [2.75, 3.05) is 26.3 Å². The molecule has 2 N–H and O–H groups in total. The minimum atomic E-state index is -0.0408. The summed E-state index contributed by atoms with van der Waals surface area (Å²) >= 11 is 0. The van der Waals surface area contributed by atoms with Gasteiger partial charge in [-0.1, -0.05) is 29.8 Å². The van der Waals surface area contributed by atoms with Gasteiger partial charge in [-0.15, -0.1) is 0 Å². The van der Waals surface area contributed by atoms with E-state index in [1.165, 1.54) is 11.1 Å². The molecule has 172 valence electrons. The Morgan fingerprint density at radius 1 is 1.13 bits per heavy atom. The molecule has 1 saturated carbocycles. The fraction of sp³-hybridized carbons (Fsp3) is 0.680. The maximum atomic E-state index is 12.0. The molecule has 1 saturated heterocycles. The standard InChI is InChI=1S/C25H39N3O3/c1-4-26-25(28-22-14-12-20(13-15-22)24(29)30-5-2)27-17-21-7-6-16-31-23(21)19-10-8-18(3)9-11-19/h8-11,20-23H,4-7,12-17H2,1-3H3,(H2,26,27,28). The minimum absolute atomic E-state index is 0.0408. The number of hydrogen-bond donors (Lipinski definition) is 2. The SMILES string of the molecule is CCNC(=NCC1CCCOC1c1ccc(C)cc1)NC1CCC(C(=O)OCC)CC1. The zero-order chi connectivity index (χ0) is 22.1. The third-order valence-electron chi connectivity index (χ3n) is 6.37. The van der Waals surface area contributed by atoms with Crippen LogP contribution in [-0.4, -0.2) is 44.3 Å². The fourth-order valence-electron chi connectivity index (χ4n) is 4.61. The number of aryl methyl sites for hydroxylation is 1. The summed E-state index contributed by atoms with van der Waals surface area (Å²) in [5, 5.41) is 6.99. The predicted octanol–water partition coefficient (Wildman–Crippen LogP) is 4.14. The van der Waals surface area contributed by atoms with Crippen LogP contribution in [-0.2, 0) is 14.3 Å². The molecule has 0 bridgehead atoms. The molecule has 3 rings (SSSR count). The lowest BCUT2D eigenvalue weighted by Gasteiger charge is -2.32. The first-order chi connectivity index (χ1) is 15.1. The Hall–Kier alpha value is -2.08. The summed E-state index contributed by atoms with van der Waals surface area (Å²) in [6.07, 6.45) is 6.01. The van der Waals surface area contributed by atoms with Gasteiger partial charge in [0.25, 0.3) is 0 Å². The zero-order valence-corrected chi connectivity index (χ0v) is 19.4. The topological polar surface area (TPSA) is 72.0 Å². The van der Waals surface area contributed by atoms with Crippen molar-refractivity contribution in [3.8, 4) is 0 Å². The van der Waals surface area contributed by atoms with Gasteiger partial charge in [0.05, 0.1) is 18.6 Å². The third-order valence-corrected chi connectivity index (χ3v) is 6.37. The van der Waals surface area contributed by atoms with E-state index in [0.29, 0.717) is 18.6 Å². The van der Waals surface area contributed by atoms with Gasteiger partial charge < -0.3 is 20.1 Å². The minimum Gasteiger partial charge on any atom is -0.466 e. The Bertz CT molecular complexity index is 711. The van der Waals surface area contributed by atoms with E-state index in [0.717, 1.165) is 64.2 Å². The molecule has 1 aliphatic heterocycles. The molecule has 0 amide bonds. The first-order valence-corrected chi connectivity index (χ1v) is 12.0. The molecule has 0 spiro atoms. The normalized spacial score (nSPS) is 26.9. The maximum Gasteiger partial charge on any atom is 0.308 e. The lowest BCUT2D eigenvalue weighted by Crippen LogP contribution is -2.45. The Morgan fingerprint density at radius 3 is 2.55 bits per heavy atom. The first-order valence-electron chi connectivity index (χ1n) is 12.0. The van der Waals surface area contributed by atoms with E-state index in [4.69, 9.17) is 14.5 Å². The molecule has 0 aromatic heterocycles. The van der Waals surface area contributed by atoms with Crippen LogP contribution < -0.4 is 10.6 Å². The Morgan fingerprint density at radius 2 is 1.87 bits per heavy atom. The average molecular weight is 430 g/mol. The number of nitrogens with one attached hydrogen (secondary N) is 2. The highest BCUT2D eigenvalue weighted by molar-refractivity contribution is 5.80. The van der Waals surface area contributed by atoms with Crippen LogP contribution in [0, 0.1) is 18.8 Å². The summed E-state index contributed by atoms with van der Waals surface area (Å²) in [7, 11) is 0. The molecule has 1 heterocycles. The van der Waals surface area contributed by atoms with Crippen molar-refractivity contribution in [3.05, 3.63) is 35.4 Å². The second kappa shape index (κ2) is 12.1. The summed E-state index contributed by atoms with van der Waals surface area (Å²) in [6.45, 7) is 8.92. The summed E-state index contributed by atoms with van der Waals surface area (Å²) in [6, 6.07) is 9.04. The molecule has 1 aromatic carbocycles. The molecule has 1 aromatic rings. The largest absolute Gasteiger partial charge is 0.466 e. The molecule has 6 heteroatoms. The summed E-state index contributed by atoms with van der Waals surface area (Å²) < 4.78 is 11.3. The molecular weight excluding hydrogens is 390 g/mol. The van der Waals surface area contributed by atoms with Crippen LogP contribution >= 0.6 is 0 Å². The molecule has 2 aliphatic rings. The number of hydrogen-bond acceptors (Lipinski definition) is 4. The fourth-order valence-corrected chi connectivity index (χ4v) is 4.61. The second-order valence-electron chi connectivity index (χ2n) is 8.77. The van der Waals surface area contributed by atoms with Gasteiger partial charge in [-0.05, 0) is 64.9 Å². The summed E-state index contributed by atoms with van der Waals surface area (Å²) in [5.74, 6) is 1.26. The van der Waals surface area contributed by atoms with Crippen molar-refractivity contribution in [2.45, 2.75) is 71.4 Å². The Kier molecular flexibility index (Phi) is 9.19. The number of guanidine groups is 1. The number of carbonyl (C=O) groups is 1. The summed E-state index contributed by atoms with van der Waals surface area (Å²) in [5.41, 5.74) is 2.52. The van der Waals surface area contributed by atoms with E-state index in [-0.39, 0.29) is 18.0 Å². The van der Waals surface area contributed by atoms with E-state index < -0.39 is 0 Å². The van der Waals surface area contributed by atoms with Crippen LogP contribution in [0.25, 0.3) is 0 Å². The van der Waals surface area contributed by atoms with Gasteiger partial charge in [-0.3, -0.25) is 9.79 Å². The van der Waals surface area contributed by atoms with Crippen LogP contribution in [0.2, 0.25) is 0 Å². The van der Waals surface area contributed by atoms with Crippen LogP contribution in [0.4, 0.5) is 0 Å². The second-order valence-corrected chi connectivity index (χ2v) is 8.77. The lowest BCUT2D eigenvalue weighted by atomic mass is 9.86. The van der Waals surface area contributed by atoms with E-state index in [2.05, 4.69) is 48.7 Å². The van der Waals surface area contributed by atoms with Gasteiger partial charge >= 0.3 is 5.97 Å². The number of nitrogens with zero attached hydrogens (tertiary/aromatic N) is 1. The Balaban J connectivity index is 1.57. The van der Waals surface area contributed by atoms with E-state index >= 15 is 0 Å². The van der Waals surface area contributed by atoms with Crippen molar-refractivity contribution in [1.82, 2.24) is 10.6 Å². The molecule has 2 atom stereocenters. The number of carbonyl (C=O) groups excluding carboxylic acids is 1. The highest BCUT2D eigenvalue weighted by Gasteiger charge is 2.29. The lowest BCUT2D eigenvalue weighted by molar-refractivity contribution is -0.149. The van der Waals surface area contributed by atoms with Crippen LogP contribution in [0.15, 0.2) is 29.3 Å². The van der Waals surface area contributed by atoms with Crippen molar-refractivity contribution >= 4 is 11.9 Å². The van der Waals surface area contributed by atoms with E-state index in [1.807, 2.05) is 6.92 Å². The van der Waals surface area contributed by atoms with Gasteiger partial charge in [-0.2, -0.15) is 0 Å². The van der Waals surface area contributed by atoms with Crippen molar-refractivity contribution < 1.29 is 14.3 Å². The molecule has 31 heavy (non-hydrogen) atoms. The summed E-state index contributed by atoms with van der Waals surface area (Å²) in [4.78, 5) is 16.9. The number of rotatable bonds is 7. The monoisotopic (exact) mass is 429 g/mol. The highest BCUT2D eigenvalue weighted by atomic mass is 16.5. The van der Waals surface area contributed by atoms with Crippen molar-refractivity contribution in [1.29, 1.82) is 0 Å². The van der Waals surface area contributed by atoms with Gasteiger partial charge in [0.1, 0.15) is 0 Å². The number of esters is 1. The zero-order valence-electron chi connectivity index (χ0n) is 19.4. The smallest absolute Gasteiger partial charge is 0.308 e. The molecule has 0 radical (unpaired) electrons. The molecule has 2 fully saturated rings. The number of ether oxygens (including phenoxy) is 2.